The van der Waals surface area contributed by atoms with E-state index in [0.717, 1.165) is 19.3 Å². The third kappa shape index (κ3) is 6.61. The summed E-state index contributed by atoms with van der Waals surface area (Å²) in [5.74, 6) is -0.0971. The van der Waals surface area contributed by atoms with Crippen LogP contribution in [0.2, 0.25) is 5.02 Å². The van der Waals surface area contributed by atoms with Gasteiger partial charge in [0.2, 0.25) is 0 Å². The Morgan fingerprint density at radius 2 is 2.04 bits per heavy atom. The highest BCUT2D eigenvalue weighted by Crippen LogP contribution is 2.22. The number of carbonyl (C=O) groups is 2. The number of Topliss-reactive ketones (excluding diaryl/α,β-unsaturated/α-hetero) is 1. The van der Waals surface area contributed by atoms with E-state index in [1.54, 1.807) is 29.2 Å². The highest BCUT2D eigenvalue weighted by atomic mass is 35.5. The molecule has 0 aromatic heterocycles. The number of rotatable bonds is 6. The van der Waals surface area contributed by atoms with Crippen LogP contribution in [-0.4, -0.2) is 48.2 Å². The van der Waals surface area contributed by atoms with Crippen molar-refractivity contribution >= 4 is 23.5 Å². The lowest BCUT2D eigenvalue weighted by Crippen LogP contribution is -2.46. The van der Waals surface area contributed by atoms with Gasteiger partial charge in [0.1, 0.15) is 12.2 Å². The van der Waals surface area contributed by atoms with Gasteiger partial charge in [-0.05, 0) is 58.6 Å². The molecule has 1 aromatic rings. The zero-order valence-corrected chi connectivity index (χ0v) is 16.6. The molecule has 6 heteroatoms. The normalized spacial score (nSPS) is 17.8. The van der Waals surface area contributed by atoms with Gasteiger partial charge in [0.25, 0.3) is 0 Å². The maximum Gasteiger partial charge on any atom is 0.410 e. The minimum absolute atomic E-state index is 0.0134. The molecular formula is C20H28ClNO4. The average Bonchev–Trinajstić information content (AvgIpc) is 2.57. The summed E-state index contributed by atoms with van der Waals surface area (Å²) in [5, 5.41) is 0.533. The second-order valence-corrected chi connectivity index (χ2v) is 8.03. The van der Waals surface area contributed by atoms with Gasteiger partial charge in [-0.1, -0.05) is 23.7 Å². The lowest BCUT2D eigenvalue weighted by Gasteiger charge is -2.36. The molecule has 0 radical (unpaired) electrons. The first kappa shape index (κ1) is 20.7. The molecule has 1 aromatic carbocycles. The molecule has 1 unspecified atom stereocenters. The Morgan fingerprint density at radius 1 is 1.27 bits per heavy atom. The molecule has 5 nitrogen and oxygen atoms in total. The molecule has 144 valence electrons. The Bertz CT molecular complexity index is 626. The zero-order chi connectivity index (χ0) is 19.2. The molecule has 0 aliphatic carbocycles. The van der Waals surface area contributed by atoms with Gasteiger partial charge in [-0.2, -0.15) is 0 Å². The molecule has 26 heavy (non-hydrogen) atoms. The van der Waals surface area contributed by atoms with E-state index in [1.165, 1.54) is 0 Å². The van der Waals surface area contributed by atoms with Crippen LogP contribution < -0.4 is 0 Å². The summed E-state index contributed by atoms with van der Waals surface area (Å²) >= 11 is 5.90. The van der Waals surface area contributed by atoms with Gasteiger partial charge in [0.15, 0.2) is 5.78 Å². The van der Waals surface area contributed by atoms with Crippen LogP contribution in [0, 0.1) is 0 Å². The van der Waals surface area contributed by atoms with Gasteiger partial charge in [-0.3, -0.25) is 4.79 Å². The van der Waals surface area contributed by atoms with Crippen LogP contribution in [0.5, 0.6) is 0 Å². The maximum absolute atomic E-state index is 12.4. The highest BCUT2D eigenvalue weighted by molar-refractivity contribution is 6.31. The number of hydrogen-bond acceptors (Lipinski definition) is 4. The summed E-state index contributed by atoms with van der Waals surface area (Å²) in [7, 11) is 0. The van der Waals surface area contributed by atoms with E-state index in [4.69, 9.17) is 21.1 Å². The molecule has 0 spiro atoms. The summed E-state index contributed by atoms with van der Waals surface area (Å²) in [6, 6.07) is 6.94. The second-order valence-electron chi connectivity index (χ2n) is 7.60. The first-order valence-electron chi connectivity index (χ1n) is 9.12. The number of likely N-dealkylation sites (tertiary alicyclic amines) is 1. The van der Waals surface area contributed by atoms with Gasteiger partial charge < -0.3 is 14.4 Å². The topological polar surface area (TPSA) is 55.8 Å². The number of benzene rings is 1. The van der Waals surface area contributed by atoms with Crippen LogP contribution in [0.1, 0.15) is 56.8 Å². The van der Waals surface area contributed by atoms with Crippen molar-refractivity contribution in [1.29, 1.82) is 0 Å². The maximum atomic E-state index is 12.4. The number of carbonyl (C=O) groups excluding carboxylic acids is 2. The monoisotopic (exact) mass is 381 g/mol. The number of halogens is 1. The molecule has 0 N–H and O–H groups in total. The van der Waals surface area contributed by atoms with E-state index in [-0.39, 0.29) is 24.5 Å². The van der Waals surface area contributed by atoms with E-state index in [9.17, 15) is 9.59 Å². The summed E-state index contributed by atoms with van der Waals surface area (Å²) in [6.07, 6.45) is 3.44. The lowest BCUT2D eigenvalue weighted by atomic mass is 10.0. The van der Waals surface area contributed by atoms with Crippen molar-refractivity contribution in [3.05, 3.63) is 34.9 Å². The zero-order valence-electron chi connectivity index (χ0n) is 15.8. The molecule has 2 rings (SSSR count). The van der Waals surface area contributed by atoms with Crippen LogP contribution in [0.25, 0.3) is 0 Å². The molecule has 1 atom stereocenters. The van der Waals surface area contributed by atoms with Crippen LogP contribution in [-0.2, 0) is 9.47 Å². The number of hydrogen-bond donors (Lipinski definition) is 0. The number of piperidine rings is 1. The predicted molar refractivity (Wildman–Crippen MR) is 102 cm³/mol. The van der Waals surface area contributed by atoms with Crippen molar-refractivity contribution in [2.24, 2.45) is 0 Å². The third-order valence-electron chi connectivity index (χ3n) is 4.23. The molecule has 0 bridgehead atoms. The fraction of sp³-hybridized carbons (Fsp3) is 0.600. The SMILES string of the molecule is CC(C)(C)OC(=O)N1CCCCC1CCOCC(=O)c1cccc(Cl)c1. The van der Waals surface area contributed by atoms with E-state index in [2.05, 4.69) is 0 Å². The van der Waals surface area contributed by atoms with Crippen molar-refractivity contribution in [3.8, 4) is 0 Å². The van der Waals surface area contributed by atoms with Crippen molar-refractivity contribution in [2.45, 2.75) is 58.1 Å². The molecule has 1 saturated heterocycles. The average molecular weight is 382 g/mol. The minimum Gasteiger partial charge on any atom is -0.444 e. The molecule has 1 aliphatic heterocycles. The molecule has 1 amide bonds. The number of ether oxygens (including phenoxy) is 2. The van der Waals surface area contributed by atoms with Crippen molar-refractivity contribution < 1.29 is 19.1 Å². The fourth-order valence-electron chi connectivity index (χ4n) is 2.99. The van der Waals surface area contributed by atoms with E-state index >= 15 is 0 Å². The van der Waals surface area contributed by atoms with Crippen LogP contribution in [0.3, 0.4) is 0 Å². The summed E-state index contributed by atoms with van der Waals surface area (Å²) < 4.78 is 11.1. The molecule has 1 heterocycles. The number of ketones is 1. The van der Waals surface area contributed by atoms with Crippen molar-refractivity contribution in [1.82, 2.24) is 4.90 Å². The largest absolute Gasteiger partial charge is 0.444 e. The Balaban J connectivity index is 1.79. The quantitative estimate of drug-likeness (QED) is 0.528. The van der Waals surface area contributed by atoms with E-state index < -0.39 is 5.60 Å². The molecule has 1 fully saturated rings. The first-order chi connectivity index (χ1) is 12.3. The van der Waals surface area contributed by atoms with Crippen molar-refractivity contribution in [2.75, 3.05) is 19.8 Å². The Morgan fingerprint density at radius 3 is 2.73 bits per heavy atom. The van der Waals surface area contributed by atoms with E-state index in [1.807, 2.05) is 20.8 Å². The summed E-state index contributed by atoms with van der Waals surface area (Å²) in [5.41, 5.74) is 0.0458. The minimum atomic E-state index is -0.501. The number of amides is 1. The molecule has 0 saturated carbocycles. The van der Waals surface area contributed by atoms with Gasteiger partial charge in [-0.25, -0.2) is 4.79 Å². The Hall–Kier alpha value is -1.59. The standard InChI is InChI=1S/C20H28ClNO4/c1-20(2,3)26-19(24)22-11-5-4-9-17(22)10-12-25-14-18(23)15-7-6-8-16(21)13-15/h6-8,13,17H,4-5,9-12,14H2,1-3H3. The smallest absolute Gasteiger partial charge is 0.410 e. The van der Waals surface area contributed by atoms with Crippen LogP contribution >= 0.6 is 11.6 Å². The predicted octanol–water partition coefficient (Wildman–Crippen LogP) is 4.72. The highest BCUT2D eigenvalue weighted by Gasteiger charge is 2.30. The van der Waals surface area contributed by atoms with Gasteiger partial charge in [0.05, 0.1) is 0 Å². The molecular weight excluding hydrogens is 354 g/mol. The second kappa shape index (κ2) is 9.38. The Labute approximate surface area is 160 Å². The third-order valence-corrected chi connectivity index (χ3v) is 4.47. The van der Waals surface area contributed by atoms with E-state index in [0.29, 0.717) is 30.2 Å². The number of nitrogens with zero attached hydrogens (tertiary/aromatic N) is 1. The van der Waals surface area contributed by atoms with Crippen LogP contribution in [0.15, 0.2) is 24.3 Å². The van der Waals surface area contributed by atoms with Gasteiger partial charge in [0, 0.05) is 29.8 Å². The summed E-state index contributed by atoms with van der Waals surface area (Å²) in [6.45, 7) is 6.76. The van der Waals surface area contributed by atoms with Crippen LogP contribution in [0.4, 0.5) is 4.79 Å². The summed E-state index contributed by atoms with van der Waals surface area (Å²) in [4.78, 5) is 26.3. The molecule has 1 aliphatic rings. The van der Waals surface area contributed by atoms with Gasteiger partial charge >= 0.3 is 6.09 Å². The van der Waals surface area contributed by atoms with Gasteiger partial charge in [-0.15, -0.1) is 0 Å². The fourth-order valence-corrected chi connectivity index (χ4v) is 3.18. The first-order valence-corrected chi connectivity index (χ1v) is 9.50. The lowest BCUT2D eigenvalue weighted by molar-refractivity contribution is 0.00457. The Kier molecular flexibility index (Phi) is 7.47. The van der Waals surface area contributed by atoms with Crippen molar-refractivity contribution in [3.63, 3.8) is 0 Å².